The highest BCUT2D eigenvalue weighted by Crippen LogP contribution is 2.21. The molecule has 0 aliphatic carbocycles. The van der Waals surface area contributed by atoms with Crippen molar-refractivity contribution in [3.63, 3.8) is 0 Å². The zero-order chi connectivity index (χ0) is 19.5. The monoisotopic (exact) mass is 382 g/mol. The molecule has 0 bridgehead atoms. The number of hydrogen-bond acceptors (Lipinski definition) is 5. The quantitative estimate of drug-likeness (QED) is 0.788. The molecule has 0 unspecified atom stereocenters. The second-order valence-corrected chi connectivity index (χ2v) is 8.37. The molecule has 2 rings (SSSR count). The molecule has 0 aromatic heterocycles. The van der Waals surface area contributed by atoms with Crippen LogP contribution in [-0.4, -0.2) is 68.8 Å². The summed E-state index contributed by atoms with van der Waals surface area (Å²) in [5.74, 6) is -0.408. The molecule has 8 nitrogen and oxygen atoms in total. The lowest BCUT2D eigenvalue weighted by Gasteiger charge is -2.36. The average Bonchev–Trinajstić information content (AvgIpc) is 2.63. The van der Waals surface area contributed by atoms with Gasteiger partial charge in [0.25, 0.3) is 0 Å². The maximum atomic E-state index is 12.8. The predicted molar refractivity (Wildman–Crippen MR) is 98.3 cm³/mol. The van der Waals surface area contributed by atoms with Crippen LogP contribution in [0.4, 0.5) is 4.79 Å². The Hall–Kier alpha value is -1.97. The lowest BCUT2D eigenvalue weighted by molar-refractivity contribution is -0.125. The van der Waals surface area contributed by atoms with E-state index in [9.17, 15) is 18.0 Å². The zero-order valence-corrected chi connectivity index (χ0v) is 16.4. The van der Waals surface area contributed by atoms with Gasteiger partial charge in [-0.15, -0.1) is 0 Å². The molecule has 0 spiro atoms. The Labute approximate surface area is 154 Å². The van der Waals surface area contributed by atoms with Gasteiger partial charge in [-0.3, -0.25) is 15.0 Å². The second-order valence-electron chi connectivity index (χ2n) is 6.43. The summed E-state index contributed by atoms with van der Waals surface area (Å²) in [5.41, 5.74) is 1.98. The van der Waals surface area contributed by atoms with Gasteiger partial charge in [-0.2, -0.15) is 4.31 Å². The summed E-state index contributed by atoms with van der Waals surface area (Å²) < 4.78 is 27.1. The Morgan fingerprint density at radius 1 is 1.08 bits per heavy atom. The van der Waals surface area contributed by atoms with E-state index in [0.29, 0.717) is 31.1 Å². The first-order valence-corrected chi connectivity index (χ1v) is 9.95. The first-order chi connectivity index (χ1) is 12.2. The van der Waals surface area contributed by atoms with E-state index in [1.165, 1.54) is 11.4 Å². The van der Waals surface area contributed by atoms with Crippen molar-refractivity contribution in [2.45, 2.75) is 31.7 Å². The highest BCUT2D eigenvalue weighted by molar-refractivity contribution is 7.89. The molecule has 2 N–H and O–H groups in total. The van der Waals surface area contributed by atoms with Gasteiger partial charge in [0.15, 0.2) is 0 Å². The molecule has 144 valence electrons. The molecule has 9 heteroatoms. The number of imide groups is 1. The van der Waals surface area contributed by atoms with Crippen LogP contribution < -0.4 is 10.6 Å². The number of benzene rings is 1. The minimum atomic E-state index is -3.55. The number of hydrogen-bond donors (Lipinski definition) is 2. The van der Waals surface area contributed by atoms with Crippen LogP contribution in [0.25, 0.3) is 0 Å². The van der Waals surface area contributed by atoms with Crippen LogP contribution in [0.3, 0.4) is 0 Å². The molecular formula is C17H26N4O4S. The summed E-state index contributed by atoms with van der Waals surface area (Å²) in [6.07, 6.45) is 0. The summed E-state index contributed by atoms with van der Waals surface area (Å²) in [5, 5.41) is 4.57. The predicted octanol–water partition coefficient (Wildman–Crippen LogP) is 0.454. The van der Waals surface area contributed by atoms with E-state index in [1.54, 1.807) is 19.1 Å². The normalized spacial score (nSPS) is 17.5. The number of sulfonamides is 1. The molecule has 0 saturated carbocycles. The number of amides is 3. The van der Waals surface area contributed by atoms with Crippen LogP contribution in [0, 0.1) is 13.8 Å². The van der Waals surface area contributed by atoms with Gasteiger partial charge in [-0.1, -0.05) is 6.07 Å². The van der Waals surface area contributed by atoms with Gasteiger partial charge in [0.05, 0.1) is 10.9 Å². The largest absolute Gasteiger partial charge is 0.341 e. The van der Waals surface area contributed by atoms with Gasteiger partial charge in [-0.05, 0) is 44.0 Å². The Balaban J connectivity index is 2.02. The number of aryl methyl sites for hydroxylation is 2. The number of carbonyl (C=O) groups excluding carboxylic acids is 2. The van der Waals surface area contributed by atoms with Gasteiger partial charge in [0, 0.05) is 33.2 Å². The molecule has 1 aliphatic heterocycles. The fraction of sp³-hybridized carbons (Fsp3) is 0.529. The molecule has 1 atom stereocenters. The maximum absolute atomic E-state index is 12.8. The first-order valence-electron chi connectivity index (χ1n) is 8.51. The van der Waals surface area contributed by atoms with Crippen LogP contribution in [0.1, 0.15) is 18.1 Å². The van der Waals surface area contributed by atoms with Gasteiger partial charge in [-0.25, -0.2) is 13.2 Å². The van der Waals surface area contributed by atoms with E-state index < -0.39 is 28.0 Å². The number of nitrogens with one attached hydrogen (secondary N) is 2. The zero-order valence-electron chi connectivity index (χ0n) is 15.6. The first kappa shape index (κ1) is 20.3. The number of urea groups is 1. The van der Waals surface area contributed by atoms with Crippen molar-refractivity contribution in [3.05, 3.63) is 29.3 Å². The summed E-state index contributed by atoms with van der Waals surface area (Å²) in [7, 11) is -2.12. The van der Waals surface area contributed by atoms with Crippen molar-refractivity contribution in [2.75, 3.05) is 33.2 Å². The number of carbonyl (C=O) groups is 2. The third kappa shape index (κ3) is 4.40. The molecule has 26 heavy (non-hydrogen) atoms. The lowest BCUT2D eigenvalue weighted by Crippen LogP contribution is -2.56. The van der Waals surface area contributed by atoms with Gasteiger partial charge in [0.2, 0.25) is 15.9 Å². The minimum Gasteiger partial charge on any atom is -0.341 e. The fourth-order valence-electron chi connectivity index (χ4n) is 2.80. The van der Waals surface area contributed by atoms with E-state index in [4.69, 9.17) is 0 Å². The summed E-state index contributed by atoms with van der Waals surface area (Å²) in [4.78, 5) is 25.4. The Morgan fingerprint density at radius 3 is 2.23 bits per heavy atom. The molecule has 0 radical (unpaired) electrons. The van der Waals surface area contributed by atoms with Crippen LogP contribution in [0.15, 0.2) is 23.1 Å². The van der Waals surface area contributed by atoms with Crippen LogP contribution >= 0.6 is 0 Å². The Morgan fingerprint density at radius 2 is 1.69 bits per heavy atom. The van der Waals surface area contributed by atoms with Crippen molar-refractivity contribution >= 4 is 22.0 Å². The molecule has 1 heterocycles. The molecule has 1 fully saturated rings. The Bertz CT molecular complexity index is 786. The van der Waals surface area contributed by atoms with Crippen molar-refractivity contribution in [3.8, 4) is 0 Å². The van der Waals surface area contributed by atoms with Gasteiger partial charge < -0.3 is 5.32 Å². The fourth-order valence-corrected chi connectivity index (χ4v) is 4.31. The van der Waals surface area contributed by atoms with Crippen LogP contribution in [-0.2, 0) is 14.8 Å². The molecule has 3 amide bonds. The van der Waals surface area contributed by atoms with E-state index in [0.717, 1.165) is 11.1 Å². The van der Waals surface area contributed by atoms with E-state index in [2.05, 4.69) is 10.6 Å². The van der Waals surface area contributed by atoms with E-state index >= 15 is 0 Å². The van der Waals surface area contributed by atoms with Crippen molar-refractivity contribution in [1.29, 1.82) is 0 Å². The molecule has 1 aliphatic rings. The van der Waals surface area contributed by atoms with Crippen molar-refractivity contribution < 1.29 is 18.0 Å². The topological polar surface area (TPSA) is 98.8 Å². The Kier molecular flexibility index (Phi) is 6.38. The average molecular weight is 382 g/mol. The van der Waals surface area contributed by atoms with E-state index in [1.807, 2.05) is 24.8 Å². The number of nitrogens with zero attached hydrogens (tertiary/aromatic N) is 2. The summed E-state index contributed by atoms with van der Waals surface area (Å²) >= 11 is 0. The smallest absolute Gasteiger partial charge is 0.321 e. The number of piperazine rings is 1. The third-order valence-electron chi connectivity index (χ3n) is 4.78. The molecule has 1 aromatic rings. The van der Waals surface area contributed by atoms with Crippen molar-refractivity contribution in [2.24, 2.45) is 0 Å². The van der Waals surface area contributed by atoms with E-state index in [-0.39, 0.29) is 0 Å². The third-order valence-corrected chi connectivity index (χ3v) is 6.67. The highest BCUT2D eigenvalue weighted by atomic mass is 32.2. The standard InChI is InChI=1S/C17H26N4O4S/c1-12-5-6-15(11-13(12)2)26(24,25)21-9-7-20(8-10-21)14(3)16(22)19-17(23)18-4/h5-6,11,14H,7-10H2,1-4H3,(H2,18,19,22,23)/t14-/m0/s1. The highest BCUT2D eigenvalue weighted by Gasteiger charge is 2.32. The van der Waals surface area contributed by atoms with Crippen molar-refractivity contribution in [1.82, 2.24) is 19.8 Å². The van der Waals surface area contributed by atoms with Gasteiger partial charge in [0.1, 0.15) is 0 Å². The van der Waals surface area contributed by atoms with Crippen LogP contribution in [0.2, 0.25) is 0 Å². The van der Waals surface area contributed by atoms with Gasteiger partial charge >= 0.3 is 6.03 Å². The number of rotatable bonds is 4. The summed E-state index contributed by atoms with van der Waals surface area (Å²) in [6.45, 7) is 6.97. The molecule has 1 aromatic carbocycles. The summed E-state index contributed by atoms with van der Waals surface area (Å²) in [6, 6.07) is 4.06. The van der Waals surface area contributed by atoms with Crippen LogP contribution in [0.5, 0.6) is 0 Å². The lowest BCUT2D eigenvalue weighted by atomic mass is 10.1. The molecular weight excluding hydrogens is 356 g/mol. The SMILES string of the molecule is CNC(=O)NC(=O)[C@H](C)N1CCN(S(=O)(=O)c2ccc(C)c(C)c2)CC1. The minimum absolute atomic E-state index is 0.291. The molecule has 1 saturated heterocycles. The second kappa shape index (κ2) is 8.15. The maximum Gasteiger partial charge on any atom is 0.321 e.